The molecule has 0 aromatic rings. The number of hydrogen-bond acceptors (Lipinski definition) is 4. The van der Waals surface area contributed by atoms with Gasteiger partial charge in [0.1, 0.15) is 0 Å². The molecule has 3 amide bonds. The molecule has 1 atom stereocenters. The Kier molecular flexibility index (Phi) is 2.39. The van der Waals surface area contributed by atoms with Gasteiger partial charge in [0.25, 0.3) is 5.91 Å². The minimum Gasteiger partial charge on any atom is -0.364 e. The standard InChI is InChI=1S/C6H12N4O3/c1-3-10-5(12)8-9-6(10,13-2)4(7)11/h9H,3H2,1-2H3,(H2,7,11)(H,8,12). The number of rotatable bonds is 3. The molecular weight excluding hydrogens is 176 g/mol. The SMILES string of the molecule is CCN1C(=O)NNC1(OC)C(N)=O. The molecule has 4 N–H and O–H groups in total. The molecule has 74 valence electrons. The normalized spacial score (nSPS) is 27.5. The number of carbonyl (C=O) groups is 2. The Hall–Kier alpha value is -1.34. The van der Waals surface area contributed by atoms with Crippen molar-refractivity contribution in [3.8, 4) is 0 Å². The molecule has 1 heterocycles. The van der Waals surface area contributed by atoms with Gasteiger partial charge in [-0.3, -0.25) is 15.1 Å². The molecule has 7 heteroatoms. The largest absolute Gasteiger partial charge is 0.364 e. The van der Waals surface area contributed by atoms with E-state index >= 15 is 0 Å². The van der Waals surface area contributed by atoms with Gasteiger partial charge in [0.05, 0.1) is 0 Å². The van der Waals surface area contributed by atoms with E-state index in [2.05, 4.69) is 10.9 Å². The van der Waals surface area contributed by atoms with Crippen molar-refractivity contribution in [1.82, 2.24) is 15.8 Å². The summed E-state index contributed by atoms with van der Waals surface area (Å²) in [4.78, 5) is 23.4. The van der Waals surface area contributed by atoms with Gasteiger partial charge >= 0.3 is 11.9 Å². The van der Waals surface area contributed by atoms with E-state index < -0.39 is 17.8 Å². The number of nitrogens with zero attached hydrogens (tertiary/aromatic N) is 1. The number of amides is 3. The Morgan fingerprint density at radius 3 is 2.69 bits per heavy atom. The Labute approximate surface area is 75.2 Å². The molecule has 0 radical (unpaired) electrons. The number of primary amides is 1. The molecular formula is C6H12N4O3. The van der Waals surface area contributed by atoms with Crippen LogP contribution < -0.4 is 16.6 Å². The molecule has 1 fully saturated rings. The highest BCUT2D eigenvalue weighted by atomic mass is 16.5. The lowest BCUT2D eigenvalue weighted by Gasteiger charge is -2.30. The monoisotopic (exact) mass is 188 g/mol. The van der Waals surface area contributed by atoms with Crippen molar-refractivity contribution in [1.29, 1.82) is 0 Å². The summed E-state index contributed by atoms with van der Waals surface area (Å²) in [5.41, 5.74) is 9.77. The van der Waals surface area contributed by atoms with E-state index in [9.17, 15) is 9.59 Å². The fourth-order valence-electron chi connectivity index (χ4n) is 1.24. The van der Waals surface area contributed by atoms with Crippen LogP contribution in [0.4, 0.5) is 4.79 Å². The summed E-state index contributed by atoms with van der Waals surface area (Å²) in [6, 6.07) is -0.442. The fraction of sp³-hybridized carbons (Fsp3) is 0.667. The quantitative estimate of drug-likeness (QED) is 0.493. The van der Waals surface area contributed by atoms with Crippen molar-refractivity contribution in [2.24, 2.45) is 5.73 Å². The van der Waals surface area contributed by atoms with Crippen LogP contribution >= 0.6 is 0 Å². The molecule has 0 aromatic heterocycles. The van der Waals surface area contributed by atoms with E-state index in [0.29, 0.717) is 6.54 Å². The second-order valence-electron chi connectivity index (χ2n) is 2.51. The van der Waals surface area contributed by atoms with Gasteiger partial charge in [-0.15, -0.1) is 0 Å². The third-order valence-corrected chi connectivity index (χ3v) is 1.91. The lowest BCUT2D eigenvalue weighted by atomic mass is 10.3. The van der Waals surface area contributed by atoms with Gasteiger partial charge < -0.3 is 10.5 Å². The van der Waals surface area contributed by atoms with Crippen molar-refractivity contribution in [3.05, 3.63) is 0 Å². The van der Waals surface area contributed by atoms with Crippen molar-refractivity contribution >= 4 is 11.9 Å². The lowest BCUT2D eigenvalue weighted by molar-refractivity contribution is -0.163. The van der Waals surface area contributed by atoms with Crippen LogP contribution in [-0.2, 0) is 9.53 Å². The highest BCUT2D eigenvalue weighted by Crippen LogP contribution is 2.16. The van der Waals surface area contributed by atoms with Crippen LogP contribution in [0.15, 0.2) is 0 Å². The minimum atomic E-state index is -1.56. The zero-order chi connectivity index (χ0) is 10.1. The van der Waals surface area contributed by atoms with Crippen LogP contribution in [0.5, 0.6) is 0 Å². The Balaban J connectivity index is 2.99. The van der Waals surface area contributed by atoms with Gasteiger partial charge in [0.2, 0.25) is 0 Å². The number of nitrogens with two attached hydrogens (primary N) is 1. The number of nitrogens with one attached hydrogen (secondary N) is 2. The van der Waals surface area contributed by atoms with E-state index in [1.54, 1.807) is 6.92 Å². The number of hydrazine groups is 1. The number of likely N-dealkylation sites (N-methyl/N-ethyl adjacent to an activating group) is 1. The Bertz CT molecular complexity index is 244. The van der Waals surface area contributed by atoms with E-state index in [-0.39, 0.29) is 0 Å². The Morgan fingerprint density at radius 2 is 2.38 bits per heavy atom. The smallest absolute Gasteiger partial charge is 0.335 e. The predicted octanol–water partition coefficient (Wildman–Crippen LogP) is -1.68. The zero-order valence-electron chi connectivity index (χ0n) is 7.46. The second kappa shape index (κ2) is 3.19. The molecule has 1 unspecified atom stereocenters. The maximum absolute atomic E-state index is 11.1. The van der Waals surface area contributed by atoms with Crippen LogP contribution in [0.2, 0.25) is 0 Å². The van der Waals surface area contributed by atoms with Gasteiger partial charge in [-0.1, -0.05) is 0 Å². The van der Waals surface area contributed by atoms with E-state index in [4.69, 9.17) is 10.5 Å². The van der Waals surface area contributed by atoms with Gasteiger partial charge in [0.15, 0.2) is 0 Å². The van der Waals surface area contributed by atoms with Crippen LogP contribution in [0.25, 0.3) is 0 Å². The molecule has 0 saturated carbocycles. The zero-order valence-corrected chi connectivity index (χ0v) is 7.46. The number of ether oxygens (including phenoxy) is 1. The van der Waals surface area contributed by atoms with E-state index in [0.717, 1.165) is 4.90 Å². The van der Waals surface area contributed by atoms with Gasteiger partial charge in [0, 0.05) is 13.7 Å². The van der Waals surface area contributed by atoms with E-state index in [1.165, 1.54) is 7.11 Å². The molecule has 1 rings (SSSR count). The molecule has 0 bridgehead atoms. The minimum absolute atomic E-state index is 0.315. The van der Waals surface area contributed by atoms with E-state index in [1.807, 2.05) is 0 Å². The summed E-state index contributed by atoms with van der Waals surface area (Å²) in [6.45, 7) is 2.03. The first-order valence-electron chi connectivity index (χ1n) is 3.78. The second-order valence-corrected chi connectivity index (χ2v) is 2.51. The summed E-state index contributed by atoms with van der Waals surface area (Å²) in [6.07, 6.45) is 0. The molecule has 1 aliphatic rings. The number of urea groups is 1. The molecule has 1 saturated heterocycles. The average Bonchev–Trinajstić information content (AvgIpc) is 2.43. The number of carbonyl (C=O) groups excluding carboxylic acids is 2. The fourth-order valence-corrected chi connectivity index (χ4v) is 1.24. The van der Waals surface area contributed by atoms with Crippen molar-refractivity contribution in [2.75, 3.05) is 13.7 Å². The van der Waals surface area contributed by atoms with Crippen LogP contribution in [0.1, 0.15) is 6.92 Å². The summed E-state index contributed by atoms with van der Waals surface area (Å²) in [5, 5.41) is 0. The number of methoxy groups -OCH3 is 1. The summed E-state index contributed by atoms with van der Waals surface area (Å²) < 4.78 is 4.89. The molecule has 0 aromatic carbocycles. The third-order valence-electron chi connectivity index (χ3n) is 1.91. The predicted molar refractivity (Wildman–Crippen MR) is 43.0 cm³/mol. The van der Waals surface area contributed by atoms with Gasteiger partial charge in [-0.2, -0.15) is 5.43 Å². The molecule has 13 heavy (non-hydrogen) atoms. The maximum Gasteiger partial charge on any atom is 0.335 e. The van der Waals surface area contributed by atoms with Crippen molar-refractivity contribution in [3.63, 3.8) is 0 Å². The Morgan fingerprint density at radius 1 is 1.77 bits per heavy atom. The molecule has 0 spiro atoms. The summed E-state index contributed by atoms with van der Waals surface area (Å²) >= 11 is 0. The van der Waals surface area contributed by atoms with Gasteiger partial charge in [-0.25, -0.2) is 4.79 Å². The molecule has 7 nitrogen and oxygen atoms in total. The summed E-state index contributed by atoms with van der Waals surface area (Å²) in [7, 11) is 1.29. The third kappa shape index (κ3) is 1.21. The first-order valence-corrected chi connectivity index (χ1v) is 3.78. The first-order chi connectivity index (χ1) is 6.08. The maximum atomic E-state index is 11.1. The average molecular weight is 188 g/mol. The van der Waals surface area contributed by atoms with Gasteiger partial charge in [-0.05, 0) is 6.92 Å². The van der Waals surface area contributed by atoms with Crippen molar-refractivity contribution < 1.29 is 14.3 Å². The van der Waals surface area contributed by atoms with Crippen LogP contribution in [0.3, 0.4) is 0 Å². The van der Waals surface area contributed by atoms with Crippen molar-refractivity contribution in [2.45, 2.75) is 12.8 Å². The molecule has 0 aliphatic carbocycles. The summed E-state index contributed by atoms with van der Waals surface area (Å²) in [5.74, 6) is -2.33. The van der Waals surface area contributed by atoms with Crippen LogP contribution in [0, 0.1) is 0 Å². The topological polar surface area (TPSA) is 96.7 Å². The number of hydrogen-bond donors (Lipinski definition) is 3. The van der Waals surface area contributed by atoms with Crippen LogP contribution in [-0.4, -0.2) is 36.3 Å². The first kappa shape index (κ1) is 9.75. The highest BCUT2D eigenvalue weighted by molar-refractivity contribution is 5.90. The highest BCUT2D eigenvalue weighted by Gasteiger charge is 2.50. The molecule has 1 aliphatic heterocycles. The lowest BCUT2D eigenvalue weighted by Crippen LogP contribution is -2.62.